The van der Waals surface area contributed by atoms with Crippen LogP contribution in [0.15, 0.2) is 91.9 Å². The summed E-state index contributed by atoms with van der Waals surface area (Å²) >= 11 is 0. The van der Waals surface area contributed by atoms with E-state index in [0.29, 0.717) is 17.1 Å². The van der Waals surface area contributed by atoms with Crippen molar-refractivity contribution in [2.45, 2.75) is 11.8 Å². The Morgan fingerprint density at radius 1 is 0.912 bits per heavy atom. The average Bonchev–Trinajstić information content (AvgIpc) is 2.80. The zero-order chi connectivity index (χ0) is 24.7. The van der Waals surface area contributed by atoms with Crippen LogP contribution < -0.4 is 16.2 Å². The highest BCUT2D eigenvalue weighted by Crippen LogP contribution is 2.43. The molecule has 0 amide bonds. The summed E-state index contributed by atoms with van der Waals surface area (Å²) < 4.78 is 38.4. The zero-order valence-electron chi connectivity index (χ0n) is 17.7. The Hall–Kier alpha value is -4.60. The molecule has 0 saturated heterocycles. The van der Waals surface area contributed by atoms with Crippen LogP contribution in [0.2, 0.25) is 0 Å². The van der Waals surface area contributed by atoms with E-state index in [0.717, 1.165) is 17.9 Å². The minimum Gasteiger partial charge on any atom is -0.456 e. The monoisotopic (exact) mass is 478 g/mol. The molecule has 3 rings (SSSR count). The normalized spacial score (nSPS) is 11.4. The highest BCUT2D eigenvalue weighted by Gasteiger charge is 2.22. The third-order valence-electron chi connectivity index (χ3n) is 4.32. The Bertz CT molecular complexity index is 1450. The van der Waals surface area contributed by atoms with E-state index in [1.165, 1.54) is 5.94 Å². The van der Waals surface area contributed by atoms with Crippen molar-refractivity contribution in [2.75, 3.05) is 11.5 Å². The molecule has 3 aromatic carbocycles. The van der Waals surface area contributed by atoms with Gasteiger partial charge in [0.05, 0.1) is 22.7 Å². The smallest absolute Gasteiger partial charge is 0.296 e. The van der Waals surface area contributed by atoms with Gasteiger partial charge in [-0.2, -0.15) is 18.6 Å². The third-order valence-corrected chi connectivity index (χ3v) is 5.21. The van der Waals surface area contributed by atoms with Crippen LogP contribution in [0.25, 0.3) is 0 Å². The number of ether oxygens (including phenoxy) is 1. The molecule has 0 fully saturated rings. The van der Waals surface area contributed by atoms with Gasteiger partial charge in [-0.05, 0) is 49.4 Å². The second-order valence-corrected chi connectivity index (χ2v) is 8.15. The van der Waals surface area contributed by atoms with E-state index in [4.69, 9.17) is 16.2 Å². The molecule has 5 N–H and O–H groups in total. The molecule has 0 aliphatic carbocycles. The number of nitrogens with zero attached hydrogens (tertiary/aromatic N) is 4. The topological polar surface area (TPSA) is 182 Å². The van der Waals surface area contributed by atoms with Crippen molar-refractivity contribution in [3.63, 3.8) is 0 Å². The first-order valence-electron chi connectivity index (χ1n) is 9.49. The number of azo groups is 2. The predicted molar refractivity (Wildman–Crippen MR) is 125 cm³/mol. The number of carbonyl (C=O) groups excluding carboxylic acids is 1. The van der Waals surface area contributed by atoms with Crippen LogP contribution in [-0.4, -0.2) is 18.9 Å². The van der Waals surface area contributed by atoms with Crippen molar-refractivity contribution in [2.24, 2.45) is 20.5 Å². The fraction of sp³-hybridized carbons (Fsp3) is 0.0455. The van der Waals surface area contributed by atoms with Gasteiger partial charge in [-0.1, -0.05) is 17.7 Å². The summed E-state index contributed by atoms with van der Waals surface area (Å²) in [5.74, 6) is 1.83. The van der Waals surface area contributed by atoms with Gasteiger partial charge in [-0.3, -0.25) is 4.55 Å². The van der Waals surface area contributed by atoms with E-state index in [2.05, 4.69) is 26.2 Å². The Morgan fingerprint density at radius 3 is 2.09 bits per heavy atom. The number of aryl methyl sites for hydroxylation is 1. The minimum atomic E-state index is -4.72. The fourth-order valence-electron chi connectivity index (χ4n) is 2.61. The molecular formula is C22H18N6O5S. The first-order valence-corrected chi connectivity index (χ1v) is 10.9. The highest BCUT2D eigenvalue weighted by molar-refractivity contribution is 7.86. The third kappa shape index (κ3) is 6.00. The van der Waals surface area contributed by atoms with Crippen LogP contribution >= 0.6 is 0 Å². The van der Waals surface area contributed by atoms with Crippen molar-refractivity contribution < 1.29 is 22.5 Å². The van der Waals surface area contributed by atoms with E-state index >= 15 is 0 Å². The second kappa shape index (κ2) is 10.3. The fourth-order valence-corrected chi connectivity index (χ4v) is 3.25. The van der Waals surface area contributed by atoms with E-state index in [-0.39, 0.29) is 22.7 Å². The van der Waals surface area contributed by atoms with Crippen molar-refractivity contribution >= 4 is 50.2 Å². The van der Waals surface area contributed by atoms with Crippen molar-refractivity contribution in [1.29, 1.82) is 0 Å². The van der Waals surface area contributed by atoms with E-state index in [9.17, 15) is 17.8 Å². The molecule has 0 saturated carbocycles. The molecule has 11 nitrogen and oxygen atoms in total. The molecule has 172 valence electrons. The lowest BCUT2D eigenvalue weighted by molar-refractivity contribution is 0.482. The van der Waals surface area contributed by atoms with Crippen molar-refractivity contribution in [1.82, 2.24) is 0 Å². The quantitative estimate of drug-likeness (QED) is 0.105. The van der Waals surface area contributed by atoms with Crippen LogP contribution in [0, 0.1) is 6.92 Å². The molecule has 0 aliphatic heterocycles. The van der Waals surface area contributed by atoms with E-state index in [1.54, 1.807) is 36.4 Å². The Kier molecular flexibility index (Phi) is 7.32. The zero-order valence-corrected chi connectivity index (χ0v) is 18.5. The molecule has 0 unspecified atom stereocenters. The molecule has 0 aliphatic rings. The summed E-state index contributed by atoms with van der Waals surface area (Å²) in [6.45, 7) is 1.91. The maximum atomic E-state index is 11.8. The lowest BCUT2D eigenvalue weighted by atomic mass is 10.2. The standard InChI is InChI=1S/C22H18N6O5S/c1-14-3-5-15(6-4-14)26-28-22-20(23)18(13-19(21(22)24)34(30,31)32)27-25-16-7-9-17(10-8-16)33-12-2-11-29/h3-10,12-13H,23-24H2,1H3,(H,30,31,32). The second-order valence-electron chi connectivity index (χ2n) is 6.76. The van der Waals surface area contributed by atoms with Gasteiger partial charge in [0.2, 0.25) is 0 Å². The van der Waals surface area contributed by atoms with Crippen LogP contribution in [-0.2, 0) is 14.9 Å². The van der Waals surface area contributed by atoms with Crippen molar-refractivity contribution in [3.05, 3.63) is 72.2 Å². The minimum absolute atomic E-state index is 0.0877. The van der Waals surface area contributed by atoms with Gasteiger partial charge in [0.15, 0.2) is 5.94 Å². The van der Waals surface area contributed by atoms with Gasteiger partial charge in [0.25, 0.3) is 10.1 Å². The summed E-state index contributed by atoms with van der Waals surface area (Å²) in [6.07, 6.45) is 1.04. The van der Waals surface area contributed by atoms with Gasteiger partial charge in [0, 0.05) is 5.73 Å². The molecule has 0 aromatic heterocycles. The molecule has 0 spiro atoms. The first kappa shape index (κ1) is 24.1. The SMILES string of the molecule is Cc1ccc(N=Nc2c(N)c(N=Nc3ccc(OC=C=C=O)cc3)cc(S(=O)(=O)O)c2N)cc1. The maximum absolute atomic E-state index is 11.8. The number of rotatable bonds is 7. The highest BCUT2D eigenvalue weighted by atomic mass is 32.2. The maximum Gasteiger partial charge on any atom is 0.296 e. The molecule has 34 heavy (non-hydrogen) atoms. The van der Waals surface area contributed by atoms with Gasteiger partial charge >= 0.3 is 0 Å². The predicted octanol–water partition coefficient (Wildman–Crippen LogP) is 5.12. The summed E-state index contributed by atoms with van der Waals surface area (Å²) in [4.78, 5) is 9.46. The summed E-state index contributed by atoms with van der Waals surface area (Å²) in [7, 11) is -4.72. The Balaban J connectivity index is 2.00. The molecule has 12 heteroatoms. The molecule has 0 heterocycles. The van der Waals surface area contributed by atoms with Gasteiger partial charge in [-0.25, -0.2) is 4.79 Å². The molecular weight excluding hydrogens is 460 g/mol. The van der Waals surface area contributed by atoms with E-state index in [1.807, 2.05) is 19.1 Å². The summed E-state index contributed by atoms with van der Waals surface area (Å²) in [5.41, 5.74) is 15.3. The lowest BCUT2D eigenvalue weighted by Crippen LogP contribution is -2.05. The van der Waals surface area contributed by atoms with Crippen LogP contribution in [0.4, 0.5) is 34.1 Å². The lowest BCUT2D eigenvalue weighted by Gasteiger charge is -2.10. The summed E-state index contributed by atoms with van der Waals surface area (Å²) in [6, 6.07) is 14.2. The van der Waals surface area contributed by atoms with Crippen LogP contribution in [0.5, 0.6) is 5.75 Å². The van der Waals surface area contributed by atoms with E-state index < -0.39 is 15.0 Å². The number of hydrogen-bond donors (Lipinski definition) is 3. The Morgan fingerprint density at radius 2 is 1.50 bits per heavy atom. The number of hydrogen-bond acceptors (Lipinski definition) is 10. The number of anilines is 2. The van der Waals surface area contributed by atoms with Crippen LogP contribution in [0.3, 0.4) is 0 Å². The van der Waals surface area contributed by atoms with Crippen molar-refractivity contribution in [3.8, 4) is 5.75 Å². The summed E-state index contributed by atoms with van der Waals surface area (Å²) in [5, 5.41) is 16.0. The number of benzene rings is 3. The van der Waals surface area contributed by atoms with Crippen LogP contribution in [0.1, 0.15) is 5.56 Å². The van der Waals surface area contributed by atoms with Gasteiger partial charge < -0.3 is 16.2 Å². The Labute approximate surface area is 194 Å². The number of nitrogens with two attached hydrogens (primary N) is 2. The molecule has 0 radical (unpaired) electrons. The first-order chi connectivity index (χ1) is 16.2. The largest absolute Gasteiger partial charge is 0.456 e. The number of nitrogen functional groups attached to an aromatic ring is 2. The molecule has 0 bridgehead atoms. The molecule has 0 atom stereocenters. The van der Waals surface area contributed by atoms with Gasteiger partial charge in [-0.15, -0.1) is 10.2 Å². The van der Waals surface area contributed by atoms with Gasteiger partial charge in [0.1, 0.15) is 28.3 Å². The molecule has 3 aromatic rings. The average molecular weight is 478 g/mol.